The second-order valence-electron chi connectivity index (χ2n) is 5.44. The minimum Gasteiger partial charge on any atom is -0.491 e. The van der Waals surface area contributed by atoms with Crippen molar-refractivity contribution in [2.24, 2.45) is 4.99 Å². The number of halogens is 1. The van der Waals surface area contributed by atoms with Crippen LogP contribution in [-0.4, -0.2) is 35.4 Å². The maximum Gasteiger partial charge on any atom is 0.191 e. The van der Waals surface area contributed by atoms with E-state index in [0.29, 0.717) is 13.2 Å². The molecule has 0 amide bonds. The summed E-state index contributed by atoms with van der Waals surface area (Å²) in [5.74, 6) is 0.642. The van der Waals surface area contributed by atoms with E-state index in [-0.39, 0.29) is 11.6 Å². The lowest BCUT2D eigenvalue weighted by Gasteiger charge is -2.11. The molecule has 0 bridgehead atoms. The van der Waals surface area contributed by atoms with E-state index >= 15 is 0 Å². The average Bonchev–Trinajstić information content (AvgIpc) is 3.12. The summed E-state index contributed by atoms with van der Waals surface area (Å²) in [6.07, 6.45) is 4.65. The molecule has 0 saturated carbocycles. The second-order valence-corrected chi connectivity index (χ2v) is 5.44. The van der Waals surface area contributed by atoms with Crippen molar-refractivity contribution in [3.63, 3.8) is 0 Å². The third kappa shape index (κ3) is 6.45. The Morgan fingerprint density at radius 2 is 2.20 bits per heavy atom. The number of benzene rings is 1. The molecule has 0 aliphatic rings. The Morgan fingerprint density at radius 1 is 1.32 bits per heavy atom. The summed E-state index contributed by atoms with van der Waals surface area (Å²) in [4.78, 5) is 4.50. The lowest BCUT2D eigenvalue weighted by molar-refractivity contribution is 0.321. The van der Waals surface area contributed by atoms with Gasteiger partial charge in [-0.25, -0.2) is 9.38 Å². The Balaban J connectivity index is 1.84. The van der Waals surface area contributed by atoms with Gasteiger partial charge in [-0.15, -0.1) is 0 Å². The van der Waals surface area contributed by atoms with Gasteiger partial charge in [0.2, 0.25) is 0 Å². The van der Waals surface area contributed by atoms with Crippen LogP contribution in [0.2, 0.25) is 0 Å². The highest BCUT2D eigenvalue weighted by atomic mass is 19.1. The number of nitrogens with zero attached hydrogens (tertiary/aromatic N) is 3. The van der Waals surface area contributed by atoms with Crippen LogP contribution in [0.5, 0.6) is 5.75 Å². The van der Waals surface area contributed by atoms with Crippen molar-refractivity contribution < 1.29 is 9.13 Å². The van der Waals surface area contributed by atoms with Crippen molar-refractivity contribution >= 4 is 5.96 Å². The van der Waals surface area contributed by atoms with Gasteiger partial charge in [-0.1, -0.05) is 6.07 Å². The van der Waals surface area contributed by atoms with Crippen LogP contribution in [0.1, 0.15) is 25.8 Å². The zero-order valence-corrected chi connectivity index (χ0v) is 14.8. The molecule has 1 aromatic heterocycles. The van der Waals surface area contributed by atoms with Gasteiger partial charge in [-0.2, -0.15) is 5.10 Å². The molecule has 0 unspecified atom stereocenters. The van der Waals surface area contributed by atoms with Crippen LogP contribution < -0.4 is 15.4 Å². The molecule has 2 rings (SSSR count). The maximum atomic E-state index is 13.9. The number of nitrogens with one attached hydrogen (secondary N) is 2. The number of rotatable bonds is 9. The molecule has 0 fully saturated rings. The topological polar surface area (TPSA) is 63.5 Å². The first kappa shape index (κ1) is 18.8. The van der Waals surface area contributed by atoms with Crippen LogP contribution in [0.25, 0.3) is 0 Å². The van der Waals surface area contributed by atoms with Crippen LogP contribution in [0.4, 0.5) is 4.39 Å². The van der Waals surface area contributed by atoms with Gasteiger partial charge in [-0.05, 0) is 44.0 Å². The number of aryl methyl sites for hydroxylation is 1. The normalized spacial score (nSPS) is 11.4. The standard InChI is InChI=1S/C18H26FN5O/c1-3-20-18(21-9-5-11-24-12-6-10-23-24)22-14-15-7-8-17(25-4-2)16(19)13-15/h6-8,10,12-13H,3-5,9,11,14H2,1-2H3,(H2,20,21,22). The summed E-state index contributed by atoms with van der Waals surface area (Å²) < 4.78 is 21.0. The molecule has 0 aliphatic heterocycles. The number of ether oxygens (including phenoxy) is 1. The van der Waals surface area contributed by atoms with Crippen molar-refractivity contribution in [2.75, 3.05) is 19.7 Å². The Labute approximate surface area is 148 Å². The first-order valence-corrected chi connectivity index (χ1v) is 8.63. The van der Waals surface area contributed by atoms with Gasteiger partial charge in [-0.3, -0.25) is 4.68 Å². The van der Waals surface area contributed by atoms with Gasteiger partial charge in [0.25, 0.3) is 0 Å². The summed E-state index contributed by atoms with van der Waals surface area (Å²) in [6, 6.07) is 6.86. The van der Waals surface area contributed by atoms with Crippen molar-refractivity contribution in [1.29, 1.82) is 0 Å². The fourth-order valence-electron chi connectivity index (χ4n) is 2.31. The molecule has 0 spiro atoms. The average molecular weight is 347 g/mol. The quantitative estimate of drug-likeness (QED) is 0.416. The highest BCUT2D eigenvalue weighted by Crippen LogP contribution is 2.18. The zero-order chi connectivity index (χ0) is 17.9. The van der Waals surface area contributed by atoms with Crippen molar-refractivity contribution in [2.45, 2.75) is 33.4 Å². The minimum absolute atomic E-state index is 0.277. The van der Waals surface area contributed by atoms with E-state index in [1.807, 2.05) is 36.9 Å². The fourth-order valence-corrected chi connectivity index (χ4v) is 2.31. The lowest BCUT2D eigenvalue weighted by Crippen LogP contribution is -2.38. The SMILES string of the molecule is CCNC(=NCc1ccc(OCC)c(F)c1)NCCCn1cccn1. The molecule has 0 saturated heterocycles. The molecule has 1 heterocycles. The maximum absolute atomic E-state index is 13.9. The van der Waals surface area contributed by atoms with Gasteiger partial charge in [0.1, 0.15) is 0 Å². The molecule has 6 nitrogen and oxygen atoms in total. The van der Waals surface area contributed by atoms with Gasteiger partial charge >= 0.3 is 0 Å². The summed E-state index contributed by atoms with van der Waals surface area (Å²) >= 11 is 0. The fraction of sp³-hybridized carbons (Fsp3) is 0.444. The van der Waals surface area contributed by atoms with E-state index in [1.54, 1.807) is 12.3 Å². The van der Waals surface area contributed by atoms with Crippen LogP contribution in [0.3, 0.4) is 0 Å². The first-order valence-electron chi connectivity index (χ1n) is 8.63. The second kappa shape index (κ2) is 10.3. The first-order chi connectivity index (χ1) is 12.2. The van der Waals surface area contributed by atoms with E-state index in [0.717, 1.165) is 37.6 Å². The minimum atomic E-state index is -0.355. The molecular formula is C18H26FN5O. The molecule has 2 N–H and O–H groups in total. The summed E-state index contributed by atoms with van der Waals surface area (Å²) in [5.41, 5.74) is 0.801. The summed E-state index contributed by atoms with van der Waals surface area (Å²) in [5, 5.41) is 10.6. The monoisotopic (exact) mass is 347 g/mol. The van der Waals surface area contributed by atoms with E-state index in [2.05, 4.69) is 20.7 Å². The number of guanidine groups is 1. The Kier molecular flexibility index (Phi) is 7.75. The molecule has 136 valence electrons. The number of aliphatic imine (C=N–C) groups is 1. The van der Waals surface area contributed by atoms with Crippen LogP contribution >= 0.6 is 0 Å². The summed E-state index contributed by atoms with van der Waals surface area (Å²) in [7, 11) is 0. The Bertz CT molecular complexity index is 657. The largest absolute Gasteiger partial charge is 0.491 e. The lowest BCUT2D eigenvalue weighted by atomic mass is 10.2. The van der Waals surface area contributed by atoms with E-state index < -0.39 is 0 Å². The van der Waals surface area contributed by atoms with E-state index in [1.165, 1.54) is 6.07 Å². The van der Waals surface area contributed by atoms with Gasteiger partial charge in [0.15, 0.2) is 17.5 Å². The molecule has 0 atom stereocenters. The molecule has 0 aliphatic carbocycles. The predicted octanol–water partition coefficient (Wildman–Crippen LogP) is 2.57. The van der Waals surface area contributed by atoms with Gasteiger partial charge < -0.3 is 15.4 Å². The smallest absolute Gasteiger partial charge is 0.191 e. The molecular weight excluding hydrogens is 321 g/mol. The van der Waals surface area contributed by atoms with Crippen molar-refractivity contribution in [3.05, 3.63) is 48.0 Å². The zero-order valence-electron chi connectivity index (χ0n) is 14.8. The number of hydrogen-bond acceptors (Lipinski definition) is 3. The summed E-state index contributed by atoms with van der Waals surface area (Å²) in [6.45, 7) is 7.09. The van der Waals surface area contributed by atoms with Gasteiger partial charge in [0, 0.05) is 32.0 Å². The molecule has 0 radical (unpaired) electrons. The van der Waals surface area contributed by atoms with Crippen LogP contribution in [-0.2, 0) is 13.1 Å². The molecule has 7 heteroatoms. The molecule has 2 aromatic rings. The van der Waals surface area contributed by atoms with Crippen LogP contribution in [0, 0.1) is 5.82 Å². The van der Waals surface area contributed by atoms with Gasteiger partial charge in [0.05, 0.1) is 13.2 Å². The third-order valence-electron chi connectivity index (χ3n) is 3.48. The van der Waals surface area contributed by atoms with Crippen molar-refractivity contribution in [3.8, 4) is 5.75 Å². The van der Waals surface area contributed by atoms with E-state index in [4.69, 9.17) is 4.74 Å². The molecule has 25 heavy (non-hydrogen) atoms. The Hall–Kier alpha value is -2.57. The number of aromatic nitrogens is 2. The van der Waals surface area contributed by atoms with Crippen molar-refractivity contribution in [1.82, 2.24) is 20.4 Å². The molecule has 1 aromatic carbocycles. The third-order valence-corrected chi connectivity index (χ3v) is 3.48. The van der Waals surface area contributed by atoms with E-state index in [9.17, 15) is 4.39 Å². The van der Waals surface area contributed by atoms with Crippen LogP contribution in [0.15, 0.2) is 41.7 Å². The predicted molar refractivity (Wildman–Crippen MR) is 97.2 cm³/mol. The number of hydrogen-bond donors (Lipinski definition) is 2. The highest BCUT2D eigenvalue weighted by molar-refractivity contribution is 5.79. The Morgan fingerprint density at radius 3 is 2.88 bits per heavy atom. The highest BCUT2D eigenvalue weighted by Gasteiger charge is 2.04.